The number of rotatable bonds is 5. The maximum absolute atomic E-state index is 5.40. The molecule has 1 aromatic carbocycles. The molecule has 0 fully saturated rings. The van der Waals surface area contributed by atoms with E-state index in [-0.39, 0.29) is 0 Å². The summed E-state index contributed by atoms with van der Waals surface area (Å²) in [6, 6.07) is 6.54. The second kappa shape index (κ2) is 6.06. The molecule has 0 radical (unpaired) electrons. The van der Waals surface area contributed by atoms with E-state index >= 15 is 0 Å². The molecular weight excluding hydrogens is 210 g/mol. The van der Waals surface area contributed by atoms with Crippen LogP contribution < -0.4 is 10.1 Å². The van der Waals surface area contributed by atoms with Gasteiger partial charge < -0.3 is 10.1 Å². The highest BCUT2D eigenvalue weighted by Crippen LogP contribution is 2.25. The van der Waals surface area contributed by atoms with Gasteiger partial charge in [-0.05, 0) is 49.0 Å². The predicted molar refractivity (Wildman–Crippen MR) is 73.8 cm³/mol. The highest BCUT2D eigenvalue weighted by atomic mass is 16.5. The molecule has 0 atom stereocenters. The Balaban J connectivity index is 2.88. The van der Waals surface area contributed by atoms with Crippen molar-refractivity contribution in [3.05, 3.63) is 29.3 Å². The van der Waals surface area contributed by atoms with Gasteiger partial charge >= 0.3 is 0 Å². The lowest BCUT2D eigenvalue weighted by Gasteiger charge is -2.19. The minimum absolute atomic E-state index is 0.328. The van der Waals surface area contributed by atoms with Gasteiger partial charge in [0, 0.05) is 0 Å². The predicted octanol–water partition coefficient (Wildman–Crippen LogP) is 3.05. The normalized spacial score (nSPS) is 11.6. The van der Waals surface area contributed by atoms with Gasteiger partial charge in [-0.3, -0.25) is 0 Å². The molecule has 0 bridgehead atoms. The fourth-order valence-electron chi connectivity index (χ4n) is 2.01. The van der Waals surface area contributed by atoms with Crippen molar-refractivity contribution in [3.8, 4) is 5.75 Å². The van der Waals surface area contributed by atoms with Crippen LogP contribution in [0.1, 0.15) is 31.9 Å². The SMILES string of the molecule is CNCCc1cc(CC(C)(C)C)ccc1OC. The molecule has 0 unspecified atom stereocenters. The molecule has 0 aliphatic heterocycles. The molecule has 1 aromatic rings. The minimum Gasteiger partial charge on any atom is -0.496 e. The van der Waals surface area contributed by atoms with E-state index in [0.717, 1.165) is 25.1 Å². The van der Waals surface area contributed by atoms with E-state index < -0.39 is 0 Å². The van der Waals surface area contributed by atoms with Gasteiger partial charge in [-0.2, -0.15) is 0 Å². The lowest BCUT2D eigenvalue weighted by Crippen LogP contribution is -2.12. The average molecular weight is 235 g/mol. The maximum Gasteiger partial charge on any atom is 0.122 e. The van der Waals surface area contributed by atoms with Gasteiger partial charge in [-0.15, -0.1) is 0 Å². The largest absolute Gasteiger partial charge is 0.496 e. The van der Waals surface area contributed by atoms with Gasteiger partial charge in [0.1, 0.15) is 5.75 Å². The van der Waals surface area contributed by atoms with Gasteiger partial charge in [0.2, 0.25) is 0 Å². The quantitative estimate of drug-likeness (QED) is 0.847. The highest BCUT2D eigenvalue weighted by Gasteiger charge is 2.12. The standard InChI is InChI=1S/C15H25NO/c1-15(2,3)11-12-6-7-14(17-5)13(10-12)8-9-16-4/h6-7,10,16H,8-9,11H2,1-5H3. The Morgan fingerprint density at radius 2 is 1.94 bits per heavy atom. The van der Waals surface area contributed by atoms with Crippen LogP contribution in [0.4, 0.5) is 0 Å². The number of likely N-dealkylation sites (N-methyl/N-ethyl adjacent to an activating group) is 1. The van der Waals surface area contributed by atoms with Crippen molar-refractivity contribution >= 4 is 0 Å². The minimum atomic E-state index is 0.328. The summed E-state index contributed by atoms with van der Waals surface area (Å²) in [6.07, 6.45) is 2.11. The molecule has 0 aromatic heterocycles. The summed E-state index contributed by atoms with van der Waals surface area (Å²) >= 11 is 0. The number of methoxy groups -OCH3 is 1. The summed E-state index contributed by atoms with van der Waals surface area (Å²) in [7, 11) is 3.72. The van der Waals surface area contributed by atoms with E-state index in [1.165, 1.54) is 11.1 Å². The Labute approximate surface area is 105 Å². The van der Waals surface area contributed by atoms with E-state index in [4.69, 9.17) is 4.74 Å². The van der Waals surface area contributed by atoms with Gasteiger partial charge in [-0.1, -0.05) is 32.9 Å². The molecule has 2 nitrogen and oxygen atoms in total. The van der Waals surface area contributed by atoms with Crippen molar-refractivity contribution < 1.29 is 4.74 Å². The molecule has 0 saturated carbocycles. The van der Waals surface area contributed by atoms with Gasteiger partial charge in [0.05, 0.1) is 7.11 Å². The third-order valence-electron chi connectivity index (χ3n) is 2.72. The third-order valence-corrected chi connectivity index (χ3v) is 2.72. The Morgan fingerprint density at radius 1 is 1.24 bits per heavy atom. The van der Waals surface area contributed by atoms with E-state index in [2.05, 4.69) is 44.3 Å². The van der Waals surface area contributed by atoms with Crippen LogP contribution >= 0.6 is 0 Å². The first-order chi connectivity index (χ1) is 7.96. The van der Waals surface area contributed by atoms with Crippen LogP contribution in [-0.4, -0.2) is 20.7 Å². The van der Waals surface area contributed by atoms with E-state index in [1.807, 2.05) is 7.05 Å². The number of ether oxygens (including phenoxy) is 1. The molecule has 0 aliphatic carbocycles. The lowest BCUT2D eigenvalue weighted by molar-refractivity contribution is 0.403. The Hall–Kier alpha value is -1.02. The van der Waals surface area contributed by atoms with Crippen molar-refractivity contribution in [2.24, 2.45) is 5.41 Å². The molecular formula is C15H25NO. The van der Waals surface area contributed by atoms with Crippen LogP contribution in [0.5, 0.6) is 5.75 Å². The summed E-state index contributed by atoms with van der Waals surface area (Å²) in [6.45, 7) is 7.79. The monoisotopic (exact) mass is 235 g/mol. The van der Waals surface area contributed by atoms with Crippen LogP contribution in [0.25, 0.3) is 0 Å². The zero-order valence-corrected chi connectivity index (χ0v) is 11.8. The molecule has 0 saturated heterocycles. The van der Waals surface area contributed by atoms with Crippen molar-refractivity contribution in [1.29, 1.82) is 0 Å². The molecule has 1 N–H and O–H groups in total. The van der Waals surface area contributed by atoms with E-state index in [0.29, 0.717) is 5.41 Å². The van der Waals surface area contributed by atoms with Gasteiger partial charge in [0.15, 0.2) is 0 Å². The van der Waals surface area contributed by atoms with E-state index in [9.17, 15) is 0 Å². The second-order valence-electron chi connectivity index (χ2n) is 5.74. The summed E-state index contributed by atoms with van der Waals surface area (Å²) in [5.41, 5.74) is 3.02. The molecule has 96 valence electrons. The highest BCUT2D eigenvalue weighted by molar-refractivity contribution is 5.37. The number of hydrogen-bond acceptors (Lipinski definition) is 2. The first-order valence-corrected chi connectivity index (χ1v) is 6.26. The first-order valence-electron chi connectivity index (χ1n) is 6.26. The zero-order valence-electron chi connectivity index (χ0n) is 11.8. The first kappa shape index (κ1) is 14.0. The number of hydrogen-bond donors (Lipinski definition) is 1. The van der Waals surface area contributed by atoms with Crippen molar-refractivity contribution in [2.75, 3.05) is 20.7 Å². The van der Waals surface area contributed by atoms with Crippen LogP contribution in [-0.2, 0) is 12.8 Å². The Kier molecular flexibility index (Phi) is 5.01. The van der Waals surface area contributed by atoms with Crippen LogP contribution in [0, 0.1) is 5.41 Å². The van der Waals surface area contributed by atoms with Crippen molar-refractivity contribution in [3.63, 3.8) is 0 Å². The number of nitrogens with one attached hydrogen (secondary N) is 1. The summed E-state index contributed by atoms with van der Waals surface area (Å²) in [4.78, 5) is 0. The third kappa shape index (κ3) is 4.78. The molecule has 1 rings (SSSR count). The smallest absolute Gasteiger partial charge is 0.122 e. The lowest BCUT2D eigenvalue weighted by atomic mass is 9.87. The maximum atomic E-state index is 5.40. The van der Waals surface area contributed by atoms with Crippen molar-refractivity contribution in [1.82, 2.24) is 5.32 Å². The average Bonchev–Trinajstić information content (AvgIpc) is 2.24. The fraction of sp³-hybridized carbons (Fsp3) is 0.600. The Bertz CT molecular complexity index is 352. The Morgan fingerprint density at radius 3 is 2.47 bits per heavy atom. The molecule has 0 spiro atoms. The number of benzene rings is 1. The molecule has 2 heteroatoms. The van der Waals surface area contributed by atoms with Crippen LogP contribution in [0.2, 0.25) is 0 Å². The summed E-state index contributed by atoms with van der Waals surface area (Å²) in [5, 5.41) is 3.18. The van der Waals surface area contributed by atoms with Gasteiger partial charge in [0.25, 0.3) is 0 Å². The van der Waals surface area contributed by atoms with Crippen LogP contribution in [0.3, 0.4) is 0 Å². The molecule has 0 amide bonds. The topological polar surface area (TPSA) is 21.3 Å². The molecule has 0 aliphatic rings. The summed E-state index contributed by atoms with van der Waals surface area (Å²) < 4.78 is 5.40. The van der Waals surface area contributed by atoms with Gasteiger partial charge in [-0.25, -0.2) is 0 Å². The molecule has 17 heavy (non-hydrogen) atoms. The van der Waals surface area contributed by atoms with Crippen molar-refractivity contribution in [2.45, 2.75) is 33.6 Å². The fourth-order valence-corrected chi connectivity index (χ4v) is 2.01. The molecule has 0 heterocycles. The zero-order chi connectivity index (χ0) is 12.9. The summed E-state index contributed by atoms with van der Waals surface area (Å²) in [5.74, 6) is 0.998. The second-order valence-corrected chi connectivity index (χ2v) is 5.74. The van der Waals surface area contributed by atoms with Crippen LogP contribution in [0.15, 0.2) is 18.2 Å². The van der Waals surface area contributed by atoms with E-state index in [1.54, 1.807) is 7.11 Å².